The number of imidazole rings is 1. The van der Waals surface area contributed by atoms with Crippen LogP contribution in [0.4, 0.5) is 5.69 Å². The van der Waals surface area contributed by atoms with Crippen LogP contribution in [0.2, 0.25) is 0 Å². The average molecular weight is 337 g/mol. The molecule has 25 heavy (non-hydrogen) atoms. The summed E-state index contributed by atoms with van der Waals surface area (Å²) in [7, 11) is 1.75. The zero-order valence-corrected chi connectivity index (χ0v) is 14.8. The van der Waals surface area contributed by atoms with E-state index in [9.17, 15) is 9.59 Å². The zero-order chi connectivity index (χ0) is 18.0. The van der Waals surface area contributed by atoms with Gasteiger partial charge in [-0.15, -0.1) is 0 Å². The summed E-state index contributed by atoms with van der Waals surface area (Å²) in [4.78, 5) is 24.8. The second-order valence-corrected chi connectivity index (χ2v) is 6.52. The van der Waals surface area contributed by atoms with Crippen LogP contribution in [0.25, 0.3) is 11.0 Å². The Balaban J connectivity index is 1.76. The van der Waals surface area contributed by atoms with Gasteiger partial charge in [-0.25, -0.2) is 4.79 Å². The highest BCUT2D eigenvalue weighted by molar-refractivity contribution is 5.91. The van der Waals surface area contributed by atoms with E-state index in [4.69, 9.17) is 0 Å². The number of hydrogen-bond donors (Lipinski definition) is 1. The number of carbonyl (C=O) groups excluding carboxylic acids is 1. The van der Waals surface area contributed by atoms with E-state index in [1.54, 1.807) is 16.2 Å². The Hall–Kier alpha value is -2.82. The Morgan fingerprint density at radius 2 is 1.68 bits per heavy atom. The van der Waals surface area contributed by atoms with Gasteiger partial charge >= 0.3 is 5.69 Å². The van der Waals surface area contributed by atoms with Gasteiger partial charge in [-0.3, -0.25) is 13.9 Å². The van der Waals surface area contributed by atoms with Crippen molar-refractivity contribution in [3.8, 4) is 0 Å². The molecule has 1 aromatic heterocycles. The van der Waals surface area contributed by atoms with E-state index in [0.717, 1.165) is 22.3 Å². The molecular formula is C20H23N3O2. The molecule has 2 aromatic carbocycles. The summed E-state index contributed by atoms with van der Waals surface area (Å²) in [6, 6.07) is 15.4. The Morgan fingerprint density at radius 1 is 1.04 bits per heavy atom. The maximum absolute atomic E-state index is 12.4. The predicted octanol–water partition coefficient (Wildman–Crippen LogP) is 3.49. The third-order valence-electron chi connectivity index (χ3n) is 4.47. The summed E-state index contributed by atoms with van der Waals surface area (Å²) in [6.45, 7) is 4.55. The monoisotopic (exact) mass is 337 g/mol. The molecule has 0 atom stereocenters. The van der Waals surface area contributed by atoms with Crippen LogP contribution in [0.3, 0.4) is 0 Å². The fraction of sp³-hybridized carbons (Fsp3) is 0.300. The number of rotatable bonds is 5. The molecule has 0 aliphatic rings. The number of para-hydroxylation sites is 3. The van der Waals surface area contributed by atoms with Crippen molar-refractivity contribution in [3.05, 3.63) is 64.6 Å². The minimum atomic E-state index is -0.100. The number of fused-ring (bicyclic) bond motifs is 1. The topological polar surface area (TPSA) is 56.0 Å². The molecule has 130 valence electrons. The molecule has 0 saturated carbocycles. The number of hydrogen-bond acceptors (Lipinski definition) is 2. The highest BCUT2D eigenvalue weighted by Gasteiger charge is 2.13. The molecule has 0 bridgehead atoms. The molecule has 0 fully saturated rings. The van der Waals surface area contributed by atoms with Crippen LogP contribution < -0.4 is 11.0 Å². The van der Waals surface area contributed by atoms with E-state index in [1.165, 1.54) is 0 Å². The fourth-order valence-corrected chi connectivity index (χ4v) is 3.12. The van der Waals surface area contributed by atoms with E-state index in [-0.39, 0.29) is 18.0 Å². The smallest absolute Gasteiger partial charge is 0.326 e. The Labute approximate surface area is 146 Å². The third-order valence-corrected chi connectivity index (χ3v) is 4.47. The second-order valence-electron chi connectivity index (χ2n) is 6.52. The zero-order valence-electron chi connectivity index (χ0n) is 14.8. The minimum absolute atomic E-state index is 0.0899. The molecule has 3 rings (SSSR count). The van der Waals surface area contributed by atoms with Crippen molar-refractivity contribution < 1.29 is 4.79 Å². The lowest BCUT2D eigenvalue weighted by Crippen LogP contribution is -2.24. The number of nitrogens with one attached hydrogen (secondary N) is 1. The molecule has 0 radical (unpaired) electrons. The number of benzene rings is 2. The first-order valence-corrected chi connectivity index (χ1v) is 8.52. The molecule has 1 amide bonds. The fourth-order valence-electron chi connectivity index (χ4n) is 3.12. The summed E-state index contributed by atoms with van der Waals surface area (Å²) in [5, 5.41) is 2.98. The van der Waals surface area contributed by atoms with Crippen molar-refractivity contribution in [1.29, 1.82) is 0 Å². The molecule has 5 nitrogen and oxygen atoms in total. The third kappa shape index (κ3) is 3.36. The van der Waals surface area contributed by atoms with Gasteiger partial charge in [0.2, 0.25) is 5.91 Å². The molecule has 0 saturated heterocycles. The van der Waals surface area contributed by atoms with Crippen LogP contribution >= 0.6 is 0 Å². The van der Waals surface area contributed by atoms with Crippen LogP contribution in [0, 0.1) is 0 Å². The predicted molar refractivity (Wildman–Crippen MR) is 101 cm³/mol. The standard InChI is InChI=1S/C20H23N3O2/c1-14(2)15-8-4-5-9-16(15)21-19(24)12-13-23-18-11-7-6-10-17(18)22(3)20(23)25/h4-11,14H,12-13H2,1-3H3,(H,21,24). The molecule has 1 N–H and O–H groups in total. The van der Waals surface area contributed by atoms with Gasteiger partial charge in [-0.2, -0.15) is 0 Å². The number of aryl methyl sites for hydroxylation is 2. The SMILES string of the molecule is CC(C)c1ccccc1NC(=O)CCn1c(=O)n(C)c2ccccc21. The van der Waals surface area contributed by atoms with Gasteiger partial charge < -0.3 is 5.32 Å². The molecule has 0 aliphatic carbocycles. The Kier molecular flexibility index (Phi) is 4.74. The van der Waals surface area contributed by atoms with E-state index in [1.807, 2.05) is 48.5 Å². The first-order chi connectivity index (χ1) is 12.0. The van der Waals surface area contributed by atoms with Crippen molar-refractivity contribution in [2.24, 2.45) is 7.05 Å². The number of anilines is 1. The largest absolute Gasteiger partial charge is 0.328 e. The summed E-state index contributed by atoms with van der Waals surface area (Å²) >= 11 is 0. The van der Waals surface area contributed by atoms with Crippen molar-refractivity contribution >= 4 is 22.6 Å². The van der Waals surface area contributed by atoms with Crippen LogP contribution in [-0.4, -0.2) is 15.0 Å². The summed E-state index contributed by atoms with van der Waals surface area (Å²) < 4.78 is 3.27. The lowest BCUT2D eigenvalue weighted by atomic mass is 10.0. The second kappa shape index (κ2) is 6.97. The number of amides is 1. The van der Waals surface area contributed by atoms with Gasteiger partial charge in [0, 0.05) is 25.7 Å². The number of aromatic nitrogens is 2. The van der Waals surface area contributed by atoms with Gasteiger partial charge in [0.1, 0.15) is 0 Å². The minimum Gasteiger partial charge on any atom is -0.326 e. The first-order valence-electron chi connectivity index (χ1n) is 8.52. The number of nitrogens with zero attached hydrogens (tertiary/aromatic N) is 2. The molecule has 0 aliphatic heterocycles. The highest BCUT2D eigenvalue weighted by atomic mass is 16.2. The van der Waals surface area contributed by atoms with Crippen LogP contribution in [-0.2, 0) is 18.4 Å². The van der Waals surface area contributed by atoms with Crippen molar-refractivity contribution in [3.63, 3.8) is 0 Å². The molecule has 0 spiro atoms. The molecule has 3 aromatic rings. The first kappa shape index (κ1) is 17.0. The van der Waals surface area contributed by atoms with Crippen LogP contribution in [0.1, 0.15) is 31.7 Å². The lowest BCUT2D eigenvalue weighted by molar-refractivity contribution is -0.116. The maximum Gasteiger partial charge on any atom is 0.328 e. The van der Waals surface area contributed by atoms with E-state index in [0.29, 0.717) is 12.5 Å². The lowest BCUT2D eigenvalue weighted by Gasteiger charge is -2.13. The van der Waals surface area contributed by atoms with Gasteiger partial charge in [0.05, 0.1) is 11.0 Å². The van der Waals surface area contributed by atoms with Gasteiger partial charge in [0.25, 0.3) is 0 Å². The Morgan fingerprint density at radius 3 is 2.40 bits per heavy atom. The van der Waals surface area contributed by atoms with Gasteiger partial charge in [-0.05, 0) is 29.7 Å². The van der Waals surface area contributed by atoms with Crippen LogP contribution in [0.5, 0.6) is 0 Å². The van der Waals surface area contributed by atoms with E-state index < -0.39 is 0 Å². The number of carbonyl (C=O) groups is 1. The summed E-state index contributed by atoms with van der Waals surface area (Å²) in [5.41, 5.74) is 3.57. The molecule has 0 unspecified atom stereocenters. The van der Waals surface area contributed by atoms with Gasteiger partial charge in [0.15, 0.2) is 0 Å². The maximum atomic E-state index is 12.4. The quantitative estimate of drug-likeness (QED) is 0.775. The highest BCUT2D eigenvalue weighted by Crippen LogP contribution is 2.23. The normalized spacial score (nSPS) is 11.2. The van der Waals surface area contributed by atoms with Crippen LogP contribution in [0.15, 0.2) is 53.3 Å². The van der Waals surface area contributed by atoms with Gasteiger partial charge in [-0.1, -0.05) is 44.2 Å². The van der Waals surface area contributed by atoms with Crippen molar-refractivity contribution in [2.45, 2.75) is 32.7 Å². The molecular weight excluding hydrogens is 314 g/mol. The van der Waals surface area contributed by atoms with Crippen molar-refractivity contribution in [2.75, 3.05) is 5.32 Å². The summed E-state index contributed by atoms with van der Waals surface area (Å²) in [6.07, 6.45) is 0.250. The molecule has 5 heteroatoms. The summed E-state index contributed by atoms with van der Waals surface area (Å²) in [5.74, 6) is 0.241. The van der Waals surface area contributed by atoms with E-state index in [2.05, 4.69) is 19.2 Å². The Bertz CT molecular complexity index is 966. The van der Waals surface area contributed by atoms with Crippen molar-refractivity contribution in [1.82, 2.24) is 9.13 Å². The molecule has 1 heterocycles. The average Bonchev–Trinajstić information content (AvgIpc) is 2.85. The van der Waals surface area contributed by atoms with E-state index >= 15 is 0 Å².